The molecule has 23 heavy (non-hydrogen) atoms. The minimum Gasteiger partial charge on any atom is -0.247 e. The minimum absolute atomic E-state index is 0.446. The maximum atomic E-state index is 4.84. The summed E-state index contributed by atoms with van der Waals surface area (Å²) >= 11 is 0. The molecule has 0 unspecified atom stereocenters. The number of hydrogen-bond acceptors (Lipinski definition) is 2. The lowest BCUT2D eigenvalue weighted by Gasteiger charge is -2.14. The van der Waals surface area contributed by atoms with Crippen LogP contribution in [-0.2, 0) is 6.67 Å². The van der Waals surface area contributed by atoms with Crippen molar-refractivity contribution in [3.05, 3.63) is 34.9 Å². The van der Waals surface area contributed by atoms with Crippen LogP contribution in [0.3, 0.4) is 0 Å². The monoisotopic (exact) mass is 316 g/mol. The van der Waals surface area contributed by atoms with E-state index in [1.54, 1.807) is 0 Å². The zero-order valence-corrected chi connectivity index (χ0v) is 16.0. The molecule has 0 spiro atoms. The molecule has 0 bridgehead atoms. The Bertz CT molecular complexity index is 588. The van der Waals surface area contributed by atoms with Crippen LogP contribution >= 0.6 is 0 Å². The van der Waals surface area contributed by atoms with E-state index in [1.807, 2.05) is 0 Å². The molecule has 0 aromatic carbocycles. The summed E-state index contributed by atoms with van der Waals surface area (Å²) in [4.78, 5) is 0. The van der Waals surface area contributed by atoms with Crippen molar-refractivity contribution in [2.75, 3.05) is 0 Å². The Morgan fingerprint density at radius 3 is 1.26 bits per heavy atom. The van der Waals surface area contributed by atoms with Gasteiger partial charge in [0, 0.05) is 11.4 Å². The van der Waals surface area contributed by atoms with Gasteiger partial charge in [-0.2, -0.15) is 10.2 Å². The summed E-state index contributed by atoms with van der Waals surface area (Å²) in [5, 5.41) is 9.67. The predicted molar refractivity (Wildman–Crippen MR) is 96.2 cm³/mol. The van der Waals surface area contributed by atoms with Crippen molar-refractivity contribution in [3.63, 3.8) is 0 Å². The molecule has 0 aliphatic heterocycles. The second kappa shape index (κ2) is 6.90. The van der Waals surface area contributed by atoms with Crippen LogP contribution in [0, 0.1) is 0 Å². The van der Waals surface area contributed by atoms with E-state index < -0.39 is 0 Å². The molecule has 0 saturated carbocycles. The summed E-state index contributed by atoms with van der Waals surface area (Å²) in [6.07, 6.45) is 0. The third kappa shape index (κ3) is 3.85. The number of rotatable bonds is 6. The van der Waals surface area contributed by atoms with Crippen molar-refractivity contribution in [1.82, 2.24) is 19.6 Å². The molecule has 0 aliphatic carbocycles. The van der Waals surface area contributed by atoms with Gasteiger partial charge in [0.1, 0.15) is 6.67 Å². The summed E-state index contributed by atoms with van der Waals surface area (Å²) < 4.78 is 4.26. The number of nitrogens with zero attached hydrogens (tertiary/aromatic N) is 4. The Labute approximate surface area is 140 Å². The predicted octanol–water partition coefficient (Wildman–Crippen LogP) is 5.08. The molecule has 4 nitrogen and oxygen atoms in total. The second-order valence-electron chi connectivity index (χ2n) is 7.75. The van der Waals surface area contributed by atoms with Gasteiger partial charge in [0.25, 0.3) is 0 Å². The molecule has 0 N–H and O–H groups in total. The molecule has 0 radical (unpaired) electrons. The standard InChI is InChI=1S/C19H32N4/c1-12(2)16-9-18(14(5)6)22(20-16)11-23-19(15(7)8)10-17(21-23)13(3)4/h9-10,12-15H,11H2,1-8H3. The molecule has 0 amide bonds. The van der Waals surface area contributed by atoms with E-state index in [2.05, 4.69) is 76.9 Å². The smallest absolute Gasteiger partial charge is 0.133 e. The Morgan fingerprint density at radius 2 is 1.00 bits per heavy atom. The van der Waals surface area contributed by atoms with E-state index >= 15 is 0 Å². The summed E-state index contributed by atoms with van der Waals surface area (Å²) in [6.45, 7) is 18.4. The third-order valence-electron chi connectivity index (χ3n) is 4.29. The van der Waals surface area contributed by atoms with Crippen LogP contribution in [0.1, 0.15) is 102 Å². The molecule has 2 aromatic rings. The highest BCUT2D eigenvalue weighted by Crippen LogP contribution is 2.24. The highest BCUT2D eigenvalue weighted by Gasteiger charge is 2.17. The van der Waals surface area contributed by atoms with E-state index in [-0.39, 0.29) is 0 Å². The van der Waals surface area contributed by atoms with Gasteiger partial charge in [-0.15, -0.1) is 0 Å². The zero-order valence-electron chi connectivity index (χ0n) is 16.0. The van der Waals surface area contributed by atoms with E-state index in [0.717, 1.165) is 11.4 Å². The van der Waals surface area contributed by atoms with Crippen molar-refractivity contribution < 1.29 is 0 Å². The lowest BCUT2D eigenvalue weighted by molar-refractivity contribution is 0.451. The first-order valence-electron chi connectivity index (χ1n) is 8.86. The molecule has 2 rings (SSSR count). The summed E-state index contributed by atoms with van der Waals surface area (Å²) in [5.41, 5.74) is 4.89. The quantitative estimate of drug-likeness (QED) is 0.745. The van der Waals surface area contributed by atoms with Gasteiger partial charge in [-0.25, -0.2) is 9.36 Å². The molecule has 128 valence electrons. The van der Waals surface area contributed by atoms with Crippen LogP contribution < -0.4 is 0 Å². The minimum atomic E-state index is 0.446. The fraction of sp³-hybridized carbons (Fsp3) is 0.684. The van der Waals surface area contributed by atoms with Gasteiger partial charge < -0.3 is 0 Å². The normalized spacial score (nSPS) is 12.3. The lowest BCUT2D eigenvalue weighted by Crippen LogP contribution is -2.17. The first kappa shape index (κ1) is 17.8. The largest absolute Gasteiger partial charge is 0.247 e. The van der Waals surface area contributed by atoms with Gasteiger partial charge in [0.2, 0.25) is 0 Å². The van der Waals surface area contributed by atoms with E-state index in [4.69, 9.17) is 10.2 Å². The van der Waals surface area contributed by atoms with Crippen LogP contribution in [0.4, 0.5) is 0 Å². The fourth-order valence-electron chi connectivity index (χ4n) is 2.75. The molecule has 0 atom stereocenters. The van der Waals surface area contributed by atoms with Gasteiger partial charge in [-0.05, 0) is 35.8 Å². The molecule has 2 heterocycles. The fourth-order valence-corrected chi connectivity index (χ4v) is 2.75. The maximum absolute atomic E-state index is 4.84. The molecule has 4 heteroatoms. The van der Waals surface area contributed by atoms with Gasteiger partial charge in [-0.3, -0.25) is 0 Å². The van der Waals surface area contributed by atoms with Crippen LogP contribution in [0.5, 0.6) is 0 Å². The Morgan fingerprint density at radius 1 is 0.652 bits per heavy atom. The number of aromatic nitrogens is 4. The van der Waals surface area contributed by atoms with Crippen molar-refractivity contribution >= 4 is 0 Å². The van der Waals surface area contributed by atoms with Crippen LogP contribution in [-0.4, -0.2) is 19.6 Å². The van der Waals surface area contributed by atoms with Crippen LogP contribution in [0.2, 0.25) is 0 Å². The number of hydrogen-bond donors (Lipinski definition) is 0. The zero-order chi connectivity index (χ0) is 17.3. The van der Waals surface area contributed by atoms with Gasteiger partial charge >= 0.3 is 0 Å². The first-order chi connectivity index (χ1) is 10.7. The van der Waals surface area contributed by atoms with Crippen LogP contribution in [0.15, 0.2) is 12.1 Å². The summed E-state index contributed by atoms with van der Waals surface area (Å²) in [5.74, 6) is 1.81. The molecular weight excluding hydrogens is 284 g/mol. The Hall–Kier alpha value is -1.58. The SMILES string of the molecule is CC(C)c1cc(C(C)C)n(Cn2nc(C(C)C)cc2C(C)C)n1. The second-order valence-corrected chi connectivity index (χ2v) is 7.75. The van der Waals surface area contributed by atoms with E-state index in [9.17, 15) is 0 Å². The Kier molecular flexibility index (Phi) is 5.33. The van der Waals surface area contributed by atoms with E-state index in [1.165, 1.54) is 11.4 Å². The van der Waals surface area contributed by atoms with Crippen LogP contribution in [0.25, 0.3) is 0 Å². The lowest BCUT2D eigenvalue weighted by atomic mass is 10.1. The van der Waals surface area contributed by atoms with Crippen molar-refractivity contribution in [1.29, 1.82) is 0 Å². The molecule has 0 aliphatic rings. The van der Waals surface area contributed by atoms with Crippen molar-refractivity contribution in [2.24, 2.45) is 0 Å². The molecule has 2 aromatic heterocycles. The third-order valence-corrected chi connectivity index (χ3v) is 4.29. The molecule has 0 fully saturated rings. The molecular formula is C19H32N4. The van der Waals surface area contributed by atoms with Gasteiger partial charge in [-0.1, -0.05) is 55.4 Å². The average Bonchev–Trinajstić information content (AvgIpc) is 3.03. The van der Waals surface area contributed by atoms with Crippen molar-refractivity contribution in [2.45, 2.75) is 85.7 Å². The summed E-state index contributed by atoms with van der Waals surface area (Å²) in [6, 6.07) is 4.49. The highest BCUT2D eigenvalue weighted by atomic mass is 15.4. The molecule has 0 saturated heterocycles. The van der Waals surface area contributed by atoms with E-state index in [0.29, 0.717) is 30.3 Å². The Balaban J connectivity index is 2.42. The highest BCUT2D eigenvalue weighted by molar-refractivity contribution is 5.18. The average molecular weight is 316 g/mol. The summed E-state index contributed by atoms with van der Waals surface area (Å²) in [7, 11) is 0. The van der Waals surface area contributed by atoms with Crippen molar-refractivity contribution in [3.8, 4) is 0 Å². The topological polar surface area (TPSA) is 35.6 Å². The first-order valence-corrected chi connectivity index (χ1v) is 8.86. The van der Waals surface area contributed by atoms with Gasteiger partial charge in [0.15, 0.2) is 0 Å². The van der Waals surface area contributed by atoms with Gasteiger partial charge in [0.05, 0.1) is 11.4 Å². The maximum Gasteiger partial charge on any atom is 0.133 e.